The van der Waals surface area contributed by atoms with Gasteiger partial charge in [-0.3, -0.25) is 4.79 Å². The lowest BCUT2D eigenvalue weighted by Gasteiger charge is -2.31. The summed E-state index contributed by atoms with van der Waals surface area (Å²) >= 11 is 1.46. The highest BCUT2D eigenvalue weighted by atomic mass is 32.2. The van der Waals surface area contributed by atoms with Crippen molar-refractivity contribution >= 4 is 17.9 Å². The Bertz CT molecular complexity index is 366. The van der Waals surface area contributed by atoms with Crippen LogP contribution in [0.4, 0.5) is 0 Å². The van der Waals surface area contributed by atoms with Gasteiger partial charge in [0.2, 0.25) is 5.91 Å². The number of rotatable bonds is 6. The third kappa shape index (κ3) is 4.86. The van der Waals surface area contributed by atoms with E-state index in [0.29, 0.717) is 11.8 Å². The lowest BCUT2D eigenvalue weighted by atomic mass is 9.80. The number of aliphatic hydroxyl groups is 1. The largest absolute Gasteiger partial charge is 0.390 e. The van der Waals surface area contributed by atoms with Crippen LogP contribution < -0.4 is 10.0 Å². The van der Waals surface area contributed by atoms with E-state index in [1.807, 2.05) is 34.0 Å². The molecule has 0 heterocycles. The molecule has 0 saturated heterocycles. The van der Waals surface area contributed by atoms with Crippen molar-refractivity contribution in [3.63, 3.8) is 0 Å². The van der Waals surface area contributed by atoms with Gasteiger partial charge < -0.3 is 10.4 Å². The summed E-state index contributed by atoms with van der Waals surface area (Å²) < 4.78 is 3.13. The highest BCUT2D eigenvalue weighted by Crippen LogP contribution is 2.39. The van der Waals surface area contributed by atoms with Crippen LogP contribution in [0, 0.1) is 17.8 Å². The third-order valence-corrected chi connectivity index (χ3v) is 5.70. The molecule has 5 heteroatoms. The molecular weight excluding hydrogens is 284 g/mol. The number of carbonyl (C=O) groups excluding carboxylic acids is 1. The van der Waals surface area contributed by atoms with Gasteiger partial charge in [0.25, 0.3) is 0 Å². The second-order valence-corrected chi connectivity index (χ2v) is 8.27. The van der Waals surface area contributed by atoms with E-state index in [9.17, 15) is 9.90 Å². The minimum absolute atomic E-state index is 0.0465. The van der Waals surface area contributed by atoms with Crippen LogP contribution in [0.5, 0.6) is 0 Å². The first-order chi connectivity index (χ1) is 9.49. The molecule has 0 aromatic rings. The van der Waals surface area contributed by atoms with Gasteiger partial charge in [-0.1, -0.05) is 25.8 Å². The lowest BCUT2D eigenvalue weighted by Crippen LogP contribution is -2.53. The summed E-state index contributed by atoms with van der Waals surface area (Å²) in [5.74, 6) is 1.19. The van der Waals surface area contributed by atoms with E-state index in [4.69, 9.17) is 0 Å². The van der Waals surface area contributed by atoms with Crippen molar-refractivity contribution in [1.82, 2.24) is 10.0 Å². The van der Waals surface area contributed by atoms with Gasteiger partial charge in [-0.25, -0.2) is 4.72 Å². The van der Waals surface area contributed by atoms with Crippen molar-refractivity contribution in [1.29, 1.82) is 0 Å². The molecule has 4 nitrogen and oxygen atoms in total. The Kier molecular flexibility index (Phi) is 6.16. The lowest BCUT2D eigenvalue weighted by molar-refractivity contribution is -0.126. The van der Waals surface area contributed by atoms with Crippen molar-refractivity contribution in [2.24, 2.45) is 17.8 Å². The zero-order chi connectivity index (χ0) is 16.4. The Balaban J connectivity index is 2.64. The van der Waals surface area contributed by atoms with Gasteiger partial charge in [0.15, 0.2) is 0 Å². The fourth-order valence-electron chi connectivity index (χ4n) is 3.13. The zero-order valence-electron chi connectivity index (χ0n) is 14.5. The van der Waals surface area contributed by atoms with Gasteiger partial charge in [-0.2, -0.15) is 0 Å². The molecule has 0 aromatic heterocycles. The number of hydrogen-bond donors (Lipinski definition) is 3. The van der Waals surface area contributed by atoms with Crippen molar-refractivity contribution in [3.05, 3.63) is 0 Å². The second-order valence-electron chi connectivity index (χ2n) is 7.66. The standard InChI is InChI=1S/C16H32N2O2S/c1-10-8-12(11(2)16(5,6)20)9-13(10)17-14(19)15(3,4)18-21-7/h10-13,18,20H,8-9H2,1-7H3,(H,17,19). The van der Waals surface area contributed by atoms with Gasteiger partial charge in [0.05, 0.1) is 5.60 Å². The SMILES string of the molecule is CSNC(C)(C)C(=O)NC1CC(C(C)C(C)(C)O)CC1C. The van der Waals surface area contributed by atoms with Crippen LogP contribution in [0.1, 0.15) is 54.4 Å². The Hall–Kier alpha value is -0.260. The molecule has 0 spiro atoms. The van der Waals surface area contributed by atoms with E-state index in [0.717, 1.165) is 12.8 Å². The summed E-state index contributed by atoms with van der Waals surface area (Å²) in [5, 5.41) is 13.4. The first-order valence-electron chi connectivity index (χ1n) is 7.82. The van der Waals surface area contributed by atoms with Gasteiger partial charge in [0, 0.05) is 6.04 Å². The van der Waals surface area contributed by atoms with Crippen LogP contribution >= 0.6 is 11.9 Å². The van der Waals surface area contributed by atoms with E-state index in [-0.39, 0.29) is 17.9 Å². The molecule has 1 saturated carbocycles. The summed E-state index contributed by atoms with van der Waals surface area (Å²) in [6.07, 6.45) is 3.94. The van der Waals surface area contributed by atoms with Gasteiger partial charge in [-0.05, 0) is 64.5 Å². The molecule has 4 atom stereocenters. The van der Waals surface area contributed by atoms with Gasteiger partial charge >= 0.3 is 0 Å². The minimum Gasteiger partial charge on any atom is -0.390 e. The predicted octanol–water partition coefficient (Wildman–Crippen LogP) is 2.57. The molecule has 1 rings (SSSR count). The molecule has 0 bridgehead atoms. The van der Waals surface area contributed by atoms with Gasteiger partial charge in [-0.15, -0.1) is 0 Å². The average molecular weight is 317 g/mol. The van der Waals surface area contributed by atoms with Crippen LogP contribution in [0.3, 0.4) is 0 Å². The maximum absolute atomic E-state index is 12.4. The van der Waals surface area contributed by atoms with Crippen LogP contribution in [0.25, 0.3) is 0 Å². The molecule has 1 aliphatic carbocycles. The molecule has 124 valence electrons. The molecule has 21 heavy (non-hydrogen) atoms. The third-order valence-electron chi connectivity index (χ3n) is 4.98. The van der Waals surface area contributed by atoms with Crippen molar-refractivity contribution in [3.8, 4) is 0 Å². The van der Waals surface area contributed by atoms with Crippen LogP contribution in [-0.4, -0.2) is 34.5 Å². The second kappa shape index (κ2) is 6.88. The Morgan fingerprint density at radius 1 is 1.29 bits per heavy atom. The molecular formula is C16H32N2O2S. The molecule has 4 unspecified atom stereocenters. The number of nitrogens with one attached hydrogen (secondary N) is 2. The topological polar surface area (TPSA) is 61.4 Å². The van der Waals surface area contributed by atoms with E-state index < -0.39 is 11.1 Å². The maximum Gasteiger partial charge on any atom is 0.240 e. The maximum atomic E-state index is 12.4. The first kappa shape index (κ1) is 18.8. The van der Waals surface area contributed by atoms with Crippen molar-refractivity contribution in [2.75, 3.05) is 6.26 Å². The highest BCUT2D eigenvalue weighted by molar-refractivity contribution is 7.96. The van der Waals surface area contributed by atoms with Crippen LogP contribution in [0.15, 0.2) is 0 Å². The van der Waals surface area contributed by atoms with E-state index in [1.165, 1.54) is 11.9 Å². The Morgan fingerprint density at radius 3 is 2.33 bits per heavy atom. The van der Waals surface area contributed by atoms with Gasteiger partial charge in [0.1, 0.15) is 5.54 Å². The molecule has 0 aliphatic heterocycles. The molecule has 1 fully saturated rings. The van der Waals surface area contributed by atoms with E-state index >= 15 is 0 Å². The summed E-state index contributed by atoms with van der Waals surface area (Å²) in [6, 6.07) is 0.204. The number of carbonyl (C=O) groups is 1. The molecule has 0 aromatic carbocycles. The number of amides is 1. The summed E-state index contributed by atoms with van der Waals surface area (Å²) in [4.78, 5) is 12.4. The number of hydrogen-bond acceptors (Lipinski definition) is 4. The van der Waals surface area contributed by atoms with Crippen LogP contribution in [0.2, 0.25) is 0 Å². The Morgan fingerprint density at radius 2 is 1.86 bits per heavy atom. The quantitative estimate of drug-likeness (QED) is 0.659. The van der Waals surface area contributed by atoms with Crippen LogP contribution in [-0.2, 0) is 4.79 Å². The molecule has 0 radical (unpaired) electrons. The average Bonchev–Trinajstić information content (AvgIpc) is 2.68. The molecule has 1 aliphatic rings. The minimum atomic E-state index is -0.664. The monoisotopic (exact) mass is 316 g/mol. The van der Waals surface area contributed by atoms with Crippen molar-refractivity contribution in [2.45, 2.75) is 71.6 Å². The highest BCUT2D eigenvalue weighted by Gasteiger charge is 2.40. The first-order valence-corrected chi connectivity index (χ1v) is 9.05. The molecule has 3 N–H and O–H groups in total. The van der Waals surface area contributed by atoms with E-state index in [1.54, 1.807) is 0 Å². The Labute approximate surface area is 134 Å². The fourth-order valence-corrected chi connectivity index (χ4v) is 3.74. The summed E-state index contributed by atoms with van der Waals surface area (Å²) in [6.45, 7) is 11.8. The summed E-state index contributed by atoms with van der Waals surface area (Å²) in [7, 11) is 0. The predicted molar refractivity (Wildman–Crippen MR) is 90.0 cm³/mol. The van der Waals surface area contributed by atoms with Crippen molar-refractivity contribution < 1.29 is 9.90 Å². The fraction of sp³-hybridized carbons (Fsp3) is 0.938. The normalized spacial score (nSPS) is 28.5. The molecule has 1 amide bonds. The zero-order valence-corrected chi connectivity index (χ0v) is 15.3. The summed E-state index contributed by atoms with van der Waals surface area (Å²) in [5.41, 5.74) is -1.23. The smallest absolute Gasteiger partial charge is 0.240 e. The van der Waals surface area contributed by atoms with E-state index in [2.05, 4.69) is 23.9 Å².